The summed E-state index contributed by atoms with van der Waals surface area (Å²) in [6, 6.07) is 1.29. The highest BCUT2D eigenvalue weighted by atomic mass is 19.4. The lowest BCUT2D eigenvalue weighted by Gasteiger charge is -2.09. The molecule has 0 aromatic heterocycles. The molecule has 0 spiro atoms. The van der Waals surface area contributed by atoms with Gasteiger partial charge in [0.15, 0.2) is 0 Å². The van der Waals surface area contributed by atoms with Gasteiger partial charge in [0, 0.05) is 11.6 Å². The average molecular weight is 306 g/mol. The first-order valence-electron chi connectivity index (χ1n) is 5.65. The van der Waals surface area contributed by atoms with Crippen molar-refractivity contribution in [2.45, 2.75) is 13.1 Å². The number of benzene rings is 1. The van der Waals surface area contributed by atoms with Crippen LogP contribution in [0.25, 0.3) is 5.76 Å². The Morgan fingerprint density at radius 1 is 1.29 bits per heavy atom. The summed E-state index contributed by atoms with van der Waals surface area (Å²) in [4.78, 5) is 22.3. The minimum absolute atomic E-state index is 0.0860. The minimum atomic E-state index is -4.82. The summed E-state index contributed by atoms with van der Waals surface area (Å²) in [5.74, 6) is -4.77. The first-order chi connectivity index (χ1) is 9.65. The highest BCUT2D eigenvalue weighted by Gasteiger charge is 2.31. The largest absolute Gasteiger partial charge is 0.507 e. The van der Waals surface area contributed by atoms with Crippen molar-refractivity contribution >= 4 is 17.5 Å². The molecule has 0 heterocycles. The molecule has 1 rings (SSSR count). The monoisotopic (exact) mass is 306 g/mol. The quantitative estimate of drug-likeness (QED) is 0.305. The highest BCUT2D eigenvalue weighted by molar-refractivity contribution is 6.39. The van der Waals surface area contributed by atoms with E-state index in [1.165, 1.54) is 6.92 Å². The smallest absolute Gasteiger partial charge is 0.416 e. The number of esters is 1. The number of rotatable bonds is 4. The number of ether oxygens (including phenoxy) is 1. The van der Waals surface area contributed by atoms with Gasteiger partial charge < -0.3 is 9.84 Å². The van der Waals surface area contributed by atoms with Gasteiger partial charge in [-0.15, -0.1) is 0 Å². The van der Waals surface area contributed by atoms with Crippen LogP contribution in [0.1, 0.15) is 18.1 Å². The Morgan fingerprint density at radius 2 is 1.90 bits per heavy atom. The van der Waals surface area contributed by atoms with E-state index in [2.05, 4.69) is 4.74 Å². The lowest BCUT2D eigenvalue weighted by molar-refractivity contribution is -0.151. The predicted octanol–water partition coefficient (Wildman–Crippen LogP) is 2.88. The maximum atomic E-state index is 13.1. The van der Waals surface area contributed by atoms with Crippen LogP contribution < -0.4 is 0 Å². The van der Waals surface area contributed by atoms with Crippen molar-refractivity contribution in [3.63, 3.8) is 0 Å². The highest BCUT2D eigenvalue weighted by Crippen LogP contribution is 2.31. The molecule has 0 amide bonds. The molecule has 0 aliphatic rings. The molecular formula is C13H10F4O4. The van der Waals surface area contributed by atoms with E-state index in [-0.39, 0.29) is 12.7 Å². The second-order valence-electron chi connectivity index (χ2n) is 3.84. The molecule has 0 aliphatic carbocycles. The Kier molecular flexibility index (Phi) is 5.07. The van der Waals surface area contributed by atoms with Crippen molar-refractivity contribution in [2.75, 3.05) is 6.61 Å². The third-order valence-corrected chi connectivity index (χ3v) is 2.27. The number of hydrogen-bond donors (Lipinski definition) is 1. The average Bonchev–Trinajstić information content (AvgIpc) is 2.37. The summed E-state index contributed by atoms with van der Waals surface area (Å²) in [5, 5.41) is 9.52. The summed E-state index contributed by atoms with van der Waals surface area (Å²) < 4.78 is 54.9. The second kappa shape index (κ2) is 6.38. The molecular weight excluding hydrogens is 296 g/mol. The Labute approximate surface area is 116 Å². The van der Waals surface area contributed by atoms with Crippen molar-refractivity contribution in [1.82, 2.24) is 0 Å². The molecule has 21 heavy (non-hydrogen) atoms. The van der Waals surface area contributed by atoms with E-state index in [0.717, 1.165) is 0 Å². The zero-order valence-electron chi connectivity index (χ0n) is 10.7. The van der Waals surface area contributed by atoms with E-state index in [9.17, 15) is 32.3 Å². The van der Waals surface area contributed by atoms with Crippen LogP contribution in [0.2, 0.25) is 0 Å². The van der Waals surface area contributed by atoms with Crippen molar-refractivity contribution in [3.8, 4) is 0 Å². The number of alkyl halides is 3. The van der Waals surface area contributed by atoms with E-state index >= 15 is 0 Å². The topological polar surface area (TPSA) is 63.6 Å². The molecule has 4 nitrogen and oxygen atoms in total. The fourth-order valence-electron chi connectivity index (χ4n) is 1.37. The Balaban J connectivity index is 3.13. The molecule has 0 saturated carbocycles. The van der Waals surface area contributed by atoms with Gasteiger partial charge in [0.25, 0.3) is 5.78 Å². The molecule has 0 fully saturated rings. The van der Waals surface area contributed by atoms with Crippen LogP contribution in [0.5, 0.6) is 0 Å². The summed E-state index contributed by atoms with van der Waals surface area (Å²) in [6.45, 7) is 1.36. The fraction of sp³-hybridized carbons (Fsp3) is 0.231. The Bertz CT molecular complexity index is 590. The SMILES string of the molecule is CCOC(=O)C(=O)C=C(O)c1cc(F)cc(C(F)(F)F)c1. The number of carbonyl (C=O) groups excluding carboxylic acids is 2. The zero-order chi connectivity index (χ0) is 16.2. The number of aliphatic hydroxyl groups is 1. The van der Waals surface area contributed by atoms with E-state index in [1.54, 1.807) is 0 Å². The molecule has 1 N–H and O–H groups in total. The van der Waals surface area contributed by atoms with Crippen LogP contribution in [-0.4, -0.2) is 23.5 Å². The van der Waals surface area contributed by atoms with Crippen LogP contribution in [0.4, 0.5) is 17.6 Å². The van der Waals surface area contributed by atoms with Gasteiger partial charge in [-0.1, -0.05) is 0 Å². The first-order valence-corrected chi connectivity index (χ1v) is 5.65. The molecule has 1 aromatic rings. The number of hydrogen-bond acceptors (Lipinski definition) is 4. The fourth-order valence-corrected chi connectivity index (χ4v) is 1.37. The predicted molar refractivity (Wildman–Crippen MR) is 63.6 cm³/mol. The molecule has 0 unspecified atom stereocenters. The van der Waals surface area contributed by atoms with E-state index in [4.69, 9.17) is 0 Å². The Morgan fingerprint density at radius 3 is 2.43 bits per heavy atom. The van der Waals surface area contributed by atoms with E-state index in [0.29, 0.717) is 18.2 Å². The van der Waals surface area contributed by atoms with Gasteiger partial charge in [0.05, 0.1) is 12.2 Å². The third kappa shape index (κ3) is 4.59. The van der Waals surface area contributed by atoms with Crippen molar-refractivity contribution in [2.24, 2.45) is 0 Å². The summed E-state index contributed by atoms with van der Waals surface area (Å²) in [5.41, 5.74) is -1.92. The van der Waals surface area contributed by atoms with Gasteiger partial charge in [0.2, 0.25) is 0 Å². The first kappa shape index (κ1) is 16.7. The number of ketones is 1. The number of carbonyl (C=O) groups is 2. The van der Waals surface area contributed by atoms with E-state index in [1.807, 2.05) is 0 Å². The summed E-state index contributed by atoms with van der Waals surface area (Å²) in [7, 11) is 0. The minimum Gasteiger partial charge on any atom is -0.507 e. The van der Waals surface area contributed by atoms with Crippen LogP contribution in [0, 0.1) is 5.82 Å². The number of aliphatic hydroxyl groups excluding tert-OH is 1. The zero-order valence-corrected chi connectivity index (χ0v) is 10.7. The molecule has 0 bridgehead atoms. The van der Waals surface area contributed by atoms with Crippen LogP contribution >= 0.6 is 0 Å². The second-order valence-corrected chi connectivity index (χ2v) is 3.84. The molecule has 8 heteroatoms. The van der Waals surface area contributed by atoms with Crippen molar-refractivity contribution in [1.29, 1.82) is 0 Å². The molecule has 0 radical (unpaired) electrons. The van der Waals surface area contributed by atoms with Crippen LogP contribution in [0.3, 0.4) is 0 Å². The Hall–Kier alpha value is -2.38. The van der Waals surface area contributed by atoms with Gasteiger partial charge in [-0.25, -0.2) is 9.18 Å². The van der Waals surface area contributed by atoms with Crippen LogP contribution in [0.15, 0.2) is 24.3 Å². The van der Waals surface area contributed by atoms with Gasteiger partial charge in [0.1, 0.15) is 11.6 Å². The normalized spacial score (nSPS) is 12.1. The van der Waals surface area contributed by atoms with Gasteiger partial charge in [-0.05, 0) is 25.1 Å². The standard InChI is InChI=1S/C13H10F4O4/c1-2-21-12(20)11(19)6-10(18)7-3-8(13(15,16)17)5-9(14)4-7/h3-6,18H,2H2,1H3. The maximum Gasteiger partial charge on any atom is 0.416 e. The maximum absolute atomic E-state index is 13.1. The third-order valence-electron chi connectivity index (χ3n) is 2.27. The van der Waals surface area contributed by atoms with E-state index < -0.39 is 40.6 Å². The van der Waals surface area contributed by atoms with Crippen molar-refractivity contribution in [3.05, 3.63) is 41.2 Å². The molecule has 0 aliphatic heterocycles. The van der Waals surface area contributed by atoms with Gasteiger partial charge >= 0.3 is 12.1 Å². The number of halogens is 4. The van der Waals surface area contributed by atoms with Gasteiger partial charge in [-0.2, -0.15) is 13.2 Å². The summed E-state index contributed by atoms with van der Waals surface area (Å²) in [6.07, 6.45) is -4.45. The molecule has 0 saturated heterocycles. The summed E-state index contributed by atoms with van der Waals surface area (Å²) >= 11 is 0. The van der Waals surface area contributed by atoms with Crippen LogP contribution in [-0.2, 0) is 20.5 Å². The lowest BCUT2D eigenvalue weighted by atomic mass is 10.1. The molecule has 114 valence electrons. The van der Waals surface area contributed by atoms with Crippen molar-refractivity contribution < 1.29 is 37.0 Å². The molecule has 1 aromatic carbocycles. The molecule has 0 atom stereocenters. The van der Waals surface area contributed by atoms with Gasteiger partial charge in [-0.3, -0.25) is 4.79 Å². The lowest BCUT2D eigenvalue weighted by Crippen LogP contribution is -2.15.